The van der Waals surface area contributed by atoms with Crippen molar-refractivity contribution in [2.75, 3.05) is 7.11 Å². The third kappa shape index (κ3) is 2.40. The van der Waals surface area contributed by atoms with E-state index in [1.165, 1.54) is 17.9 Å². The average Bonchev–Trinajstić information content (AvgIpc) is 2.93. The van der Waals surface area contributed by atoms with Crippen LogP contribution in [0.2, 0.25) is 0 Å². The van der Waals surface area contributed by atoms with Crippen molar-refractivity contribution in [2.45, 2.75) is 20.4 Å². The highest BCUT2D eigenvalue weighted by atomic mass is 16.6. The Balaban J connectivity index is 2.34. The van der Waals surface area contributed by atoms with Crippen molar-refractivity contribution in [3.05, 3.63) is 45.3 Å². The number of nitrogens with zero attached hydrogens (tertiary/aromatic N) is 3. The minimum Gasteiger partial charge on any atom is -0.463 e. The van der Waals surface area contributed by atoms with Gasteiger partial charge in [-0.25, -0.2) is 14.3 Å². The maximum Gasteiger partial charge on any atom is 0.374 e. The van der Waals surface area contributed by atoms with Crippen LogP contribution < -0.4 is 0 Å². The number of carbonyl (C=O) groups is 1. The molecule has 8 heteroatoms. The van der Waals surface area contributed by atoms with Crippen LogP contribution in [0.4, 0.5) is 5.82 Å². The molecule has 0 amide bonds. The minimum atomic E-state index is -0.578. The lowest BCUT2D eigenvalue weighted by Gasteiger charge is -2.00. The van der Waals surface area contributed by atoms with Crippen molar-refractivity contribution < 1.29 is 18.9 Å². The van der Waals surface area contributed by atoms with Crippen molar-refractivity contribution in [1.82, 2.24) is 9.55 Å². The molecule has 0 saturated heterocycles. The van der Waals surface area contributed by atoms with Crippen molar-refractivity contribution in [3.8, 4) is 0 Å². The molecule has 0 fully saturated rings. The van der Waals surface area contributed by atoms with Gasteiger partial charge in [-0.2, -0.15) is 0 Å². The van der Waals surface area contributed by atoms with Crippen molar-refractivity contribution >= 4 is 11.8 Å². The molecule has 106 valence electrons. The van der Waals surface area contributed by atoms with Crippen LogP contribution in [0.25, 0.3) is 0 Å². The molecule has 0 aliphatic rings. The Morgan fingerprint density at radius 3 is 2.85 bits per heavy atom. The van der Waals surface area contributed by atoms with E-state index >= 15 is 0 Å². The molecule has 0 saturated carbocycles. The molecule has 2 rings (SSSR count). The fraction of sp³-hybridized carbons (Fsp3) is 0.333. The second kappa shape index (κ2) is 5.16. The highest BCUT2D eigenvalue weighted by molar-refractivity contribution is 5.87. The van der Waals surface area contributed by atoms with Gasteiger partial charge in [-0.15, -0.1) is 0 Å². The number of esters is 1. The molecule has 2 heterocycles. The summed E-state index contributed by atoms with van der Waals surface area (Å²) in [5.41, 5.74) is 0.618. The summed E-state index contributed by atoms with van der Waals surface area (Å²) in [5.74, 6) is 0.308. The molecule has 0 spiro atoms. The fourth-order valence-electron chi connectivity index (χ4n) is 1.87. The number of furan rings is 1. The molecular weight excluding hydrogens is 266 g/mol. The number of aryl methyl sites for hydroxylation is 2. The molecule has 0 radical (unpaired) electrons. The zero-order valence-corrected chi connectivity index (χ0v) is 11.2. The van der Waals surface area contributed by atoms with Gasteiger partial charge >= 0.3 is 11.8 Å². The predicted octanol–water partition coefficient (Wildman–Crippen LogP) is 1.84. The van der Waals surface area contributed by atoms with Gasteiger partial charge in [0.2, 0.25) is 5.76 Å². The minimum absolute atomic E-state index is 0.0999. The first-order chi connectivity index (χ1) is 9.43. The van der Waals surface area contributed by atoms with Crippen molar-refractivity contribution in [3.63, 3.8) is 0 Å². The third-order valence-corrected chi connectivity index (χ3v) is 2.87. The van der Waals surface area contributed by atoms with E-state index in [9.17, 15) is 14.9 Å². The number of carbonyl (C=O) groups excluding carboxylic acids is 1. The van der Waals surface area contributed by atoms with Crippen molar-refractivity contribution in [2.24, 2.45) is 0 Å². The van der Waals surface area contributed by atoms with Crippen LogP contribution >= 0.6 is 0 Å². The van der Waals surface area contributed by atoms with Crippen LogP contribution in [0.5, 0.6) is 0 Å². The predicted molar refractivity (Wildman–Crippen MR) is 67.5 cm³/mol. The lowest BCUT2D eigenvalue weighted by molar-refractivity contribution is -0.392. The molecule has 8 nitrogen and oxygen atoms in total. The van der Waals surface area contributed by atoms with E-state index in [0.29, 0.717) is 17.1 Å². The summed E-state index contributed by atoms with van der Waals surface area (Å²) in [6.07, 6.45) is 1.19. The van der Waals surface area contributed by atoms with Crippen LogP contribution in [0.3, 0.4) is 0 Å². The molecule has 2 aromatic rings. The lowest BCUT2D eigenvalue weighted by atomic mass is 10.2. The Bertz CT molecular complexity index is 671. The van der Waals surface area contributed by atoms with Gasteiger partial charge in [-0.05, 0) is 17.9 Å². The van der Waals surface area contributed by atoms with Gasteiger partial charge < -0.3 is 19.3 Å². The maximum absolute atomic E-state index is 11.4. The number of imidazole rings is 1. The third-order valence-electron chi connectivity index (χ3n) is 2.87. The van der Waals surface area contributed by atoms with Crippen molar-refractivity contribution in [1.29, 1.82) is 0 Å². The second-order valence-electron chi connectivity index (χ2n) is 4.22. The first kappa shape index (κ1) is 13.8. The number of aromatic nitrogens is 2. The Morgan fingerprint density at radius 1 is 1.55 bits per heavy atom. The molecule has 20 heavy (non-hydrogen) atoms. The van der Waals surface area contributed by atoms with E-state index in [-0.39, 0.29) is 18.1 Å². The van der Waals surface area contributed by atoms with Crippen LogP contribution in [-0.4, -0.2) is 27.6 Å². The topological polar surface area (TPSA) is 100 Å². The van der Waals surface area contributed by atoms with Gasteiger partial charge in [0.05, 0.1) is 7.11 Å². The molecule has 0 aliphatic heterocycles. The van der Waals surface area contributed by atoms with E-state index in [1.807, 2.05) is 0 Å². The van der Waals surface area contributed by atoms with Crippen LogP contribution in [0.15, 0.2) is 16.7 Å². The monoisotopic (exact) mass is 279 g/mol. The second-order valence-corrected chi connectivity index (χ2v) is 4.22. The quantitative estimate of drug-likeness (QED) is 0.481. The van der Waals surface area contributed by atoms with Gasteiger partial charge in [-0.1, -0.05) is 0 Å². The normalized spacial score (nSPS) is 10.6. The van der Waals surface area contributed by atoms with E-state index in [4.69, 9.17) is 4.42 Å². The summed E-state index contributed by atoms with van der Waals surface area (Å²) in [4.78, 5) is 25.7. The number of hydrogen-bond acceptors (Lipinski definition) is 6. The van der Waals surface area contributed by atoms with Gasteiger partial charge in [0.15, 0.2) is 12.4 Å². The molecule has 0 atom stereocenters. The van der Waals surface area contributed by atoms with E-state index < -0.39 is 10.9 Å². The number of nitro groups is 1. The zero-order valence-electron chi connectivity index (χ0n) is 11.2. The highest BCUT2D eigenvalue weighted by Crippen LogP contribution is 2.20. The van der Waals surface area contributed by atoms with Gasteiger partial charge in [0.1, 0.15) is 12.0 Å². The summed E-state index contributed by atoms with van der Waals surface area (Å²) in [6.45, 7) is 3.48. The summed E-state index contributed by atoms with van der Waals surface area (Å²) in [6, 6.07) is 1.65. The van der Waals surface area contributed by atoms with Crippen LogP contribution in [-0.2, 0) is 11.3 Å². The largest absolute Gasteiger partial charge is 0.463 e. The molecular formula is C12H13N3O5. The first-order valence-corrected chi connectivity index (χ1v) is 5.78. The molecule has 0 bridgehead atoms. The smallest absolute Gasteiger partial charge is 0.374 e. The number of hydrogen-bond donors (Lipinski definition) is 0. The standard InChI is InChI=1S/C12H13N3O5/c1-7-4-9(20-11(7)12(16)19-3)6-14-8(2)13-5-10(14)15(17)18/h4-5H,6H2,1-3H3. The summed E-state index contributed by atoms with van der Waals surface area (Å²) < 4.78 is 11.4. The Kier molecular flexibility index (Phi) is 3.55. The Hall–Kier alpha value is -2.64. The molecule has 2 aromatic heterocycles. The van der Waals surface area contributed by atoms with E-state index in [0.717, 1.165) is 0 Å². The highest BCUT2D eigenvalue weighted by Gasteiger charge is 2.22. The molecule has 0 aromatic carbocycles. The van der Waals surface area contributed by atoms with Gasteiger partial charge in [0.25, 0.3) is 0 Å². The van der Waals surface area contributed by atoms with Gasteiger partial charge in [0, 0.05) is 12.5 Å². The Morgan fingerprint density at radius 2 is 2.25 bits per heavy atom. The Labute approximate surface area is 114 Å². The first-order valence-electron chi connectivity index (χ1n) is 5.78. The van der Waals surface area contributed by atoms with Crippen LogP contribution in [0.1, 0.15) is 27.7 Å². The number of rotatable bonds is 4. The van der Waals surface area contributed by atoms with E-state index in [2.05, 4.69) is 9.72 Å². The summed E-state index contributed by atoms with van der Waals surface area (Å²) in [7, 11) is 1.26. The number of methoxy groups -OCH3 is 1. The molecule has 0 aliphatic carbocycles. The number of ether oxygens (including phenoxy) is 1. The average molecular weight is 279 g/mol. The SMILES string of the molecule is COC(=O)c1oc(Cn2c([N+](=O)[O-])cnc2C)cc1C. The molecule has 0 unspecified atom stereocenters. The lowest BCUT2D eigenvalue weighted by Crippen LogP contribution is -2.05. The van der Waals surface area contributed by atoms with Crippen LogP contribution in [0, 0.1) is 24.0 Å². The molecule has 0 N–H and O–H groups in total. The summed E-state index contributed by atoms with van der Waals surface area (Å²) in [5, 5.41) is 10.9. The maximum atomic E-state index is 11.4. The zero-order chi connectivity index (χ0) is 14.9. The van der Waals surface area contributed by atoms with E-state index in [1.54, 1.807) is 19.9 Å². The summed E-state index contributed by atoms with van der Waals surface area (Å²) >= 11 is 0. The van der Waals surface area contributed by atoms with Gasteiger partial charge in [-0.3, -0.25) is 0 Å². The fourth-order valence-corrected chi connectivity index (χ4v) is 1.87.